The van der Waals surface area contributed by atoms with Gasteiger partial charge < -0.3 is 20.9 Å². The highest BCUT2D eigenvalue weighted by Crippen LogP contribution is 2.88. The van der Waals surface area contributed by atoms with E-state index in [1.165, 1.54) is 4.31 Å². The molecule has 4 saturated carbocycles. The molecule has 15 heteroatoms. The molecule has 60 heavy (non-hydrogen) atoms. The SMILES string of the molecule is C=C[C@@H]1C[C@]1(NC(=O)[C@@H]1C[C@@]2(CN1C(=O)[C@@H](NC(=O)C(NC(=O)[C@@H]1CCCCN1C(C)C)C1CCCCC1)C(C)(C)C)C(C)(C)C21CCC1)C(=O)NS(=O)(=O)N1CCCC1. The average molecular weight is 856 g/mol. The Kier molecular flexibility index (Phi) is 12.2. The normalized spacial score (nSPS) is 32.5. The van der Waals surface area contributed by atoms with Crippen LogP contribution in [0.5, 0.6) is 0 Å². The van der Waals surface area contributed by atoms with E-state index in [0.29, 0.717) is 38.9 Å². The lowest BCUT2D eigenvalue weighted by molar-refractivity contribution is -0.145. The molecule has 5 amide bonds. The van der Waals surface area contributed by atoms with Crippen molar-refractivity contribution in [3.63, 3.8) is 0 Å². The Labute approximate surface area is 358 Å². The van der Waals surface area contributed by atoms with Gasteiger partial charge >= 0.3 is 10.2 Å². The van der Waals surface area contributed by atoms with Crippen molar-refractivity contribution < 1.29 is 32.4 Å². The smallest absolute Gasteiger partial charge is 0.303 e. The molecule has 0 aromatic heterocycles. The zero-order chi connectivity index (χ0) is 43.6. The van der Waals surface area contributed by atoms with Gasteiger partial charge in [-0.15, -0.1) is 6.58 Å². The molecule has 7 rings (SSSR count). The second-order valence-corrected chi connectivity index (χ2v) is 23.1. The van der Waals surface area contributed by atoms with E-state index < -0.39 is 57.0 Å². The van der Waals surface area contributed by atoms with Gasteiger partial charge in [0.15, 0.2) is 0 Å². The minimum Gasteiger partial charge on any atom is -0.343 e. The Bertz CT molecular complexity index is 1830. The van der Waals surface area contributed by atoms with Crippen molar-refractivity contribution in [1.29, 1.82) is 0 Å². The van der Waals surface area contributed by atoms with E-state index in [-0.39, 0.29) is 58.4 Å². The molecule has 0 bridgehead atoms. The van der Waals surface area contributed by atoms with Crippen LogP contribution in [-0.2, 0) is 34.2 Å². The summed E-state index contributed by atoms with van der Waals surface area (Å²) in [6, 6.07) is -2.92. The summed E-state index contributed by atoms with van der Waals surface area (Å²) in [6.07, 6.45) is 14.0. The second-order valence-electron chi connectivity index (χ2n) is 21.4. The topological polar surface area (TPSA) is 177 Å². The van der Waals surface area contributed by atoms with E-state index in [2.05, 4.69) is 59.8 Å². The first kappa shape index (κ1) is 45.0. The zero-order valence-electron chi connectivity index (χ0n) is 37.4. The summed E-state index contributed by atoms with van der Waals surface area (Å²) in [5.74, 6) is -2.76. The van der Waals surface area contributed by atoms with Crippen LogP contribution in [0.25, 0.3) is 0 Å². The summed E-state index contributed by atoms with van der Waals surface area (Å²) < 4.78 is 29.9. The third-order valence-corrected chi connectivity index (χ3v) is 18.2. The number of piperidine rings is 1. The molecule has 3 aliphatic heterocycles. The first-order chi connectivity index (χ1) is 28.2. The van der Waals surface area contributed by atoms with Gasteiger partial charge in [0.05, 0.1) is 6.04 Å². The van der Waals surface area contributed by atoms with Gasteiger partial charge in [-0.3, -0.25) is 28.9 Å². The van der Waals surface area contributed by atoms with Crippen LogP contribution in [0.1, 0.15) is 145 Å². The molecular formula is C45H73N7O7S. The first-order valence-electron chi connectivity index (χ1n) is 23.1. The van der Waals surface area contributed by atoms with Gasteiger partial charge in [-0.2, -0.15) is 12.7 Å². The predicted octanol–water partition coefficient (Wildman–Crippen LogP) is 4.16. The minimum atomic E-state index is -4.11. The molecule has 4 N–H and O–H groups in total. The number of amides is 5. The number of likely N-dealkylation sites (tertiary alicyclic amines) is 2. The summed E-state index contributed by atoms with van der Waals surface area (Å²) in [5.41, 5.74) is -2.79. The fraction of sp³-hybridized carbons (Fsp3) is 0.844. The monoisotopic (exact) mass is 856 g/mol. The van der Waals surface area contributed by atoms with E-state index in [4.69, 9.17) is 0 Å². The van der Waals surface area contributed by atoms with Crippen molar-refractivity contribution >= 4 is 39.7 Å². The number of fused-ring (bicyclic) bond motifs is 1. The summed E-state index contributed by atoms with van der Waals surface area (Å²) in [5, 5.41) is 9.34. The van der Waals surface area contributed by atoms with Crippen LogP contribution < -0.4 is 20.7 Å². The lowest BCUT2D eigenvalue weighted by atomic mass is 9.73. The number of hydrogen-bond acceptors (Lipinski definition) is 8. The third kappa shape index (κ3) is 7.62. The molecule has 0 aromatic rings. The number of nitrogens with zero attached hydrogens (tertiary/aromatic N) is 3. The van der Waals surface area contributed by atoms with Crippen molar-refractivity contribution in [3.05, 3.63) is 12.7 Å². The maximum Gasteiger partial charge on any atom is 0.303 e. The molecule has 3 heterocycles. The van der Waals surface area contributed by atoms with Gasteiger partial charge in [-0.05, 0) is 107 Å². The predicted molar refractivity (Wildman–Crippen MR) is 229 cm³/mol. The minimum absolute atomic E-state index is 0.0184. The number of rotatable bonds is 13. The van der Waals surface area contributed by atoms with Gasteiger partial charge in [0.2, 0.25) is 23.6 Å². The van der Waals surface area contributed by atoms with Crippen LogP contribution in [0.2, 0.25) is 0 Å². The Hall–Kier alpha value is -3.04. The Morgan fingerprint density at radius 1 is 0.783 bits per heavy atom. The highest BCUT2D eigenvalue weighted by atomic mass is 32.2. The zero-order valence-corrected chi connectivity index (χ0v) is 38.2. The third-order valence-electron chi connectivity index (χ3n) is 16.7. The van der Waals surface area contributed by atoms with Gasteiger partial charge in [0.1, 0.15) is 23.7 Å². The number of hydrogen-bond donors (Lipinski definition) is 4. The van der Waals surface area contributed by atoms with Crippen LogP contribution in [0.3, 0.4) is 0 Å². The summed E-state index contributed by atoms with van der Waals surface area (Å²) in [6.45, 7) is 20.0. The molecular weight excluding hydrogens is 783 g/mol. The van der Waals surface area contributed by atoms with E-state index in [1.807, 2.05) is 20.8 Å². The summed E-state index contributed by atoms with van der Waals surface area (Å²) in [7, 11) is -4.11. The van der Waals surface area contributed by atoms with Crippen LogP contribution in [0, 0.1) is 33.5 Å². The molecule has 4 aliphatic carbocycles. The lowest BCUT2D eigenvalue weighted by Crippen LogP contribution is -2.63. The van der Waals surface area contributed by atoms with Crippen LogP contribution in [-0.4, -0.2) is 114 Å². The standard InChI is InChI=1S/C45H73N7O7S/c1-9-31-26-45(31,40(57)49-60(58,59)50-23-15-16-24-50)48-37(54)33-27-44(42(7,8)43(44)21-17-22-43)28-52(33)39(56)35(41(4,5)6)47-38(55)34(30-18-11-10-12-19-30)46-36(53)32-20-13-14-25-51(32)29(2)3/h9,29-35H,1,10-28H2,2-8H3,(H,46,53)(H,47,55)(H,48,54)(H,49,57)/t31-,32+,33+,34?,35-,44-,45-/m1/s1. The van der Waals surface area contributed by atoms with Crippen molar-refractivity contribution in [1.82, 2.24) is 34.8 Å². The van der Waals surface area contributed by atoms with Gasteiger partial charge in [-0.25, -0.2) is 4.72 Å². The average Bonchev–Trinajstić information content (AvgIpc) is 3.63. The second kappa shape index (κ2) is 16.3. The highest BCUT2D eigenvalue weighted by molar-refractivity contribution is 7.87. The van der Waals surface area contributed by atoms with E-state index >= 15 is 4.79 Å². The van der Waals surface area contributed by atoms with Crippen molar-refractivity contribution in [2.75, 3.05) is 26.2 Å². The molecule has 7 aliphatic rings. The van der Waals surface area contributed by atoms with E-state index in [1.54, 1.807) is 11.0 Å². The maximum absolute atomic E-state index is 15.3. The highest BCUT2D eigenvalue weighted by Gasteiger charge is 2.85. The molecule has 2 spiro atoms. The molecule has 3 saturated heterocycles. The van der Waals surface area contributed by atoms with Crippen LogP contribution >= 0.6 is 0 Å². The van der Waals surface area contributed by atoms with Gasteiger partial charge in [0, 0.05) is 37.0 Å². The van der Waals surface area contributed by atoms with E-state index in [0.717, 1.165) is 77.2 Å². The van der Waals surface area contributed by atoms with Crippen LogP contribution in [0.15, 0.2) is 12.7 Å². The molecule has 7 fully saturated rings. The molecule has 336 valence electrons. The quantitative estimate of drug-likeness (QED) is 0.200. The van der Waals surface area contributed by atoms with Gasteiger partial charge in [-0.1, -0.05) is 72.8 Å². The molecule has 14 nitrogen and oxygen atoms in total. The number of carbonyl (C=O) groups is 5. The molecule has 0 radical (unpaired) electrons. The number of nitrogens with one attached hydrogen (secondary N) is 4. The fourth-order valence-corrected chi connectivity index (χ4v) is 13.9. The van der Waals surface area contributed by atoms with Crippen LogP contribution in [0.4, 0.5) is 0 Å². The van der Waals surface area contributed by atoms with Gasteiger partial charge in [0.25, 0.3) is 5.91 Å². The Morgan fingerprint density at radius 3 is 1.97 bits per heavy atom. The van der Waals surface area contributed by atoms with Crippen molar-refractivity contribution in [3.8, 4) is 0 Å². The largest absolute Gasteiger partial charge is 0.343 e. The maximum atomic E-state index is 15.3. The van der Waals surface area contributed by atoms with Crippen molar-refractivity contribution in [2.45, 2.75) is 181 Å². The summed E-state index contributed by atoms with van der Waals surface area (Å²) >= 11 is 0. The summed E-state index contributed by atoms with van der Waals surface area (Å²) in [4.78, 5) is 76.6. The Balaban J connectivity index is 1.15. The van der Waals surface area contributed by atoms with Crippen molar-refractivity contribution in [2.24, 2.45) is 33.5 Å². The fourth-order valence-electron chi connectivity index (χ4n) is 12.6. The van der Waals surface area contributed by atoms with E-state index in [9.17, 15) is 27.6 Å². The number of carbonyl (C=O) groups excluding carboxylic acids is 5. The lowest BCUT2D eigenvalue weighted by Gasteiger charge is -2.40. The Morgan fingerprint density at radius 2 is 1.42 bits per heavy atom. The molecule has 0 aromatic carbocycles. The first-order valence-corrected chi connectivity index (χ1v) is 24.5. The molecule has 1 unspecified atom stereocenters. The molecule has 7 atom stereocenters.